The number of carbonyl (C=O) groups is 1. The quantitative estimate of drug-likeness (QED) is 0.802. The van der Waals surface area contributed by atoms with Crippen LogP contribution in [0.25, 0.3) is 0 Å². The van der Waals surface area contributed by atoms with Crippen LogP contribution in [0.3, 0.4) is 0 Å². The second-order valence-electron chi connectivity index (χ2n) is 5.50. The Labute approximate surface area is 98.8 Å². The van der Waals surface area contributed by atoms with Crippen molar-refractivity contribution >= 4 is 5.97 Å². The summed E-state index contributed by atoms with van der Waals surface area (Å²) in [4.78, 5) is 13.0. The van der Waals surface area contributed by atoms with Crippen LogP contribution in [0, 0.1) is 11.8 Å². The highest BCUT2D eigenvalue weighted by molar-refractivity contribution is 5.72. The molecule has 0 heterocycles. The third-order valence-corrected chi connectivity index (χ3v) is 4.17. The van der Waals surface area contributed by atoms with Crippen molar-refractivity contribution in [3.63, 3.8) is 0 Å². The first kappa shape index (κ1) is 13.5. The maximum atomic E-state index is 11.0. The van der Waals surface area contributed by atoms with Crippen LogP contribution in [-0.2, 0) is 4.79 Å². The van der Waals surface area contributed by atoms with E-state index in [1.54, 1.807) is 6.92 Å². The average molecular weight is 227 g/mol. The first-order chi connectivity index (χ1) is 7.43. The number of hydrogen-bond donors (Lipinski definition) is 1. The standard InChI is InChI=1S/C13H25NO2/c1-9(2)11-6-5-7-12(8-11)14(4)10(3)13(15)16/h9-12H,5-8H2,1-4H3,(H,15,16). The molecule has 1 saturated carbocycles. The summed E-state index contributed by atoms with van der Waals surface area (Å²) in [5.74, 6) is 0.771. The Morgan fingerprint density at radius 3 is 2.44 bits per heavy atom. The van der Waals surface area contributed by atoms with Gasteiger partial charge >= 0.3 is 5.97 Å². The van der Waals surface area contributed by atoms with Crippen molar-refractivity contribution in [2.75, 3.05) is 7.05 Å². The van der Waals surface area contributed by atoms with E-state index in [0.717, 1.165) is 24.7 Å². The highest BCUT2D eigenvalue weighted by Gasteiger charge is 2.30. The first-order valence-corrected chi connectivity index (χ1v) is 6.38. The van der Waals surface area contributed by atoms with Gasteiger partial charge in [-0.1, -0.05) is 26.7 Å². The van der Waals surface area contributed by atoms with Crippen LogP contribution in [0.15, 0.2) is 0 Å². The lowest BCUT2D eigenvalue weighted by atomic mass is 9.78. The fourth-order valence-corrected chi connectivity index (χ4v) is 2.67. The van der Waals surface area contributed by atoms with Gasteiger partial charge < -0.3 is 5.11 Å². The normalized spacial score (nSPS) is 28.4. The van der Waals surface area contributed by atoms with E-state index in [2.05, 4.69) is 13.8 Å². The molecule has 3 nitrogen and oxygen atoms in total. The van der Waals surface area contributed by atoms with Crippen molar-refractivity contribution in [1.29, 1.82) is 0 Å². The number of carboxylic acid groups (broad SMARTS) is 1. The molecular weight excluding hydrogens is 202 g/mol. The van der Waals surface area contributed by atoms with Gasteiger partial charge in [-0.2, -0.15) is 0 Å². The van der Waals surface area contributed by atoms with Gasteiger partial charge in [0.2, 0.25) is 0 Å². The van der Waals surface area contributed by atoms with Crippen LogP contribution in [0.2, 0.25) is 0 Å². The predicted octanol–water partition coefficient (Wildman–Crippen LogP) is 2.61. The molecule has 0 bridgehead atoms. The highest BCUT2D eigenvalue weighted by Crippen LogP contribution is 2.32. The molecule has 0 amide bonds. The van der Waals surface area contributed by atoms with Crippen molar-refractivity contribution in [2.24, 2.45) is 11.8 Å². The summed E-state index contributed by atoms with van der Waals surface area (Å²) in [5, 5.41) is 9.02. The van der Waals surface area contributed by atoms with Gasteiger partial charge in [-0.25, -0.2) is 0 Å². The number of carboxylic acids is 1. The van der Waals surface area contributed by atoms with Gasteiger partial charge in [0.15, 0.2) is 0 Å². The van der Waals surface area contributed by atoms with Gasteiger partial charge in [-0.15, -0.1) is 0 Å². The number of nitrogens with zero attached hydrogens (tertiary/aromatic N) is 1. The van der Waals surface area contributed by atoms with Gasteiger partial charge in [0, 0.05) is 6.04 Å². The summed E-state index contributed by atoms with van der Waals surface area (Å²) in [5.41, 5.74) is 0. The number of rotatable bonds is 4. The van der Waals surface area contributed by atoms with Gasteiger partial charge in [0.05, 0.1) is 0 Å². The largest absolute Gasteiger partial charge is 0.480 e. The molecule has 94 valence electrons. The molecule has 16 heavy (non-hydrogen) atoms. The van der Waals surface area contributed by atoms with Crippen molar-refractivity contribution in [1.82, 2.24) is 4.90 Å². The Balaban J connectivity index is 2.56. The molecule has 0 aromatic carbocycles. The monoisotopic (exact) mass is 227 g/mol. The summed E-state index contributed by atoms with van der Waals surface area (Å²) in [6.45, 7) is 6.32. The lowest BCUT2D eigenvalue weighted by molar-refractivity contribution is -0.143. The van der Waals surface area contributed by atoms with Crippen LogP contribution in [-0.4, -0.2) is 35.1 Å². The summed E-state index contributed by atoms with van der Waals surface area (Å²) in [7, 11) is 1.95. The van der Waals surface area contributed by atoms with Crippen molar-refractivity contribution in [3.8, 4) is 0 Å². The third kappa shape index (κ3) is 3.21. The third-order valence-electron chi connectivity index (χ3n) is 4.17. The van der Waals surface area contributed by atoms with Crippen LogP contribution >= 0.6 is 0 Å². The van der Waals surface area contributed by atoms with E-state index in [4.69, 9.17) is 5.11 Å². The molecule has 0 aliphatic heterocycles. The van der Waals surface area contributed by atoms with Crippen LogP contribution in [0.5, 0.6) is 0 Å². The Morgan fingerprint density at radius 1 is 1.31 bits per heavy atom. The Bertz CT molecular complexity index is 240. The lowest BCUT2D eigenvalue weighted by Gasteiger charge is -2.38. The summed E-state index contributed by atoms with van der Waals surface area (Å²) >= 11 is 0. The molecule has 0 saturated heterocycles. The van der Waals surface area contributed by atoms with Crippen LogP contribution in [0.1, 0.15) is 46.5 Å². The predicted molar refractivity (Wildman–Crippen MR) is 65.4 cm³/mol. The fraction of sp³-hybridized carbons (Fsp3) is 0.923. The van der Waals surface area contributed by atoms with Gasteiger partial charge in [0.25, 0.3) is 0 Å². The average Bonchev–Trinajstić information content (AvgIpc) is 2.27. The molecular formula is C13H25NO2. The maximum absolute atomic E-state index is 11.0. The molecule has 1 N–H and O–H groups in total. The van der Waals surface area contributed by atoms with Crippen molar-refractivity contribution < 1.29 is 9.90 Å². The van der Waals surface area contributed by atoms with Crippen LogP contribution in [0.4, 0.5) is 0 Å². The number of hydrogen-bond acceptors (Lipinski definition) is 2. The van der Waals surface area contributed by atoms with E-state index < -0.39 is 5.97 Å². The highest BCUT2D eigenvalue weighted by atomic mass is 16.4. The second kappa shape index (κ2) is 5.67. The fourth-order valence-electron chi connectivity index (χ4n) is 2.67. The zero-order chi connectivity index (χ0) is 12.3. The molecule has 1 aliphatic rings. The minimum absolute atomic E-state index is 0.365. The summed E-state index contributed by atoms with van der Waals surface area (Å²) in [6.07, 6.45) is 4.86. The summed E-state index contributed by atoms with van der Waals surface area (Å²) < 4.78 is 0. The molecule has 0 radical (unpaired) electrons. The van der Waals surface area contributed by atoms with E-state index >= 15 is 0 Å². The molecule has 1 aliphatic carbocycles. The first-order valence-electron chi connectivity index (χ1n) is 6.38. The Hall–Kier alpha value is -0.570. The molecule has 3 heteroatoms. The molecule has 1 fully saturated rings. The van der Waals surface area contributed by atoms with E-state index in [9.17, 15) is 4.79 Å². The molecule has 3 unspecified atom stereocenters. The number of likely N-dealkylation sites (N-methyl/N-ethyl adjacent to an activating group) is 1. The minimum Gasteiger partial charge on any atom is -0.480 e. The lowest BCUT2D eigenvalue weighted by Crippen LogP contribution is -2.45. The second-order valence-corrected chi connectivity index (χ2v) is 5.50. The molecule has 0 spiro atoms. The SMILES string of the molecule is CC(C)C1CCCC(N(C)C(C)C(=O)O)C1. The number of aliphatic carboxylic acids is 1. The minimum atomic E-state index is -0.714. The van der Waals surface area contributed by atoms with Crippen molar-refractivity contribution in [2.45, 2.75) is 58.5 Å². The van der Waals surface area contributed by atoms with E-state index in [0.29, 0.717) is 6.04 Å². The zero-order valence-electron chi connectivity index (χ0n) is 10.9. The topological polar surface area (TPSA) is 40.5 Å². The molecule has 0 aromatic heterocycles. The van der Waals surface area contributed by atoms with E-state index in [-0.39, 0.29) is 6.04 Å². The zero-order valence-corrected chi connectivity index (χ0v) is 10.9. The molecule has 3 atom stereocenters. The smallest absolute Gasteiger partial charge is 0.320 e. The van der Waals surface area contributed by atoms with E-state index in [1.807, 2.05) is 11.9 Å². The Morgan fingerprint density at radius 2 is 1.94 bits per heavy atom. The maximum Gasteiger partial charge on any atom is 0.320 e. The Kier molecular flexibility index (Phi) is 4.78. The summed E-state index contributed by atoms with van der Waals surface area (Å²) in [6, 6.07) is 0.0863. The van der Waals surface area contributed by atoms with Gasteiger partial charge in [-0.3, -0.25) is 9.69 Å². The molecule has 0 aromatic rings. The van der Waals surface area contributed by atoms with E-state index in [1.165, 1.54) is 12.8 Å². The molecule has 1 rings (SSSR count). The van der Waals surface area contributed by atoms with Crippen molar-refractivity contribution in [3.05, 3.63) is 0 Å². The van der Waals surface area contributed by atoms with Gasteiger partial charge in [-0.05, 0) is 38.6 Å². The van der Waals surface area contributed by atoms with Gasteiger partial charge in [0.1, 0.15) is 6.04 Å². The van der Waals surface area contributed by atoms with Crippen LogP contribution < -0.4 is 0 Å².